The molecule has 0 aliphatic heterocycles. The summed E-state index contributed by atoms with van der Waals surface area (Å²) in [6, 6.07) is 12.6. The number of nitrogens with one attached hydrogen (secondary N) is 3. The van der Waals surface area contributed by atoms with Gasteiger partial charge in [-0.3, -0.25) is 15.0 Å². The summed E-state index contributed by atoms with van der Waals surface area (Å²) in [4.78, 5) is 16.8. The summed E-state index contributed by atoms with van der Waals surface area (Å²) < 4.78 is 12.7. The number of H-pyrrole nitrogens is 1. The largest absolute Gasteiger partial charge is 0.493 e. The monoisotopic (exact) mass is 434 g/mol. The van der Waals surface area contributed by atoms with Crippen molar-refractivity contribution in [3.8, 4) is 17.2 Å². The van der Waals surface area contributed by atoms with E-state index in [1.54, 1.807) is 20.5 Å². The Morgan fingerprint density at radius 1 is 1.00 bits per heavy atom. The van der Waals surface area contributed by atoms with Crippen LogP contribution in [0.4, 0.5) is 16.3 Å². The van der Waals surface area contributed by atoms with E-state index < -0.39 is 0 Å². The predicted molar refractivity (Wildman–Crippen MR) is 124 cm³/mol. The van der Waals surface area contributed by atoms with Crippen LogP contribution in [-0.4, -0.2) is 40.0 Å². The zero-order chi connectivity index (χ0) is 22.9. The quantitative estimate of drug-likeness (QED) is 0.422. The third-order valence-electron chi connectivity index (χ3n) is 5.08. The van der Waals surface area contributed by atoms with Crippen molar-refractivity contribution >= 4 is 28.6 Å². The normalized spacial score (nSPS) is 11.4. The van der Waals surface area contributed by atoms with Gasteiger partial charge in [0.25, 0.3) is 0 Å². The van der Waals surface area contributed by atoms with Crippen LogP contribution in [0.15, 0.2) is 48.8 Å². The molecule has 4 aromatic rings. The molecule has 2 aromatic heterocycles. The second-order valence-electron chi connectivity index (χ2n) is 8.35. The van der Waals surface area contributed by atoms with Crippen LogP contribution in [-0.2, 0) is 5.41 Å². The molecular formula is C23H26N6O3. The fourth-order valence-corrected chi connectivity index (χ4v) is 3.30. The van der Waals surface area contributed by atoms with Gasteiger partial charge >= 0.3 is 6.03 Å². The summed E-state index contributed by atoms with van der Waals surface area (Å²) in [6.07, 6.45) is 1.74. The molecule has 0 saturated carbocycles. The van der Waals surface area contributed by atoms with Gasteiger partial charge in [0.15, 0.2) is 17.3 Å². The Morgan fingerprint density at radius 3 is 2.31 bits per heavy atom. The summed E-state index contributed by atoms with van der Waals surface area (Å²) in [7, 11) is 3.20. The number of urea groups is 1. The highest BCUT2D eigenvalue weighted by Crippen LogP contribution is 2.32. The fraction of sp³-hybridized carbons (Fsp3) is 0.261. The first-order chi connectivity index (χ1) is 15.3. The lowest BCUT2D eigenvalue weighted by atomic mass is 9.92. The second-order valence-corrected chi connectivity index (χ2v) is 8.35. The van der Waals surface area contributed by atoms with Crippen LogP contribution in [0.2, 0.25) is 0 Å². The smallest absolute Gasteiger partial charge is 0.324 e. The fourth-order valence-electron chi connectivity index (χ4n) is 3.30. The molecule has 3 N–H and O–H groups in total. The Bertz CT molecular complexity index is 1250. The zero-order valence-corrected chi connectivity index (χ0v) is 18.7. The molecule has 0 bridgehead atoms. The number of benzene rings is 2. The van der Waals surface area contributed by atoms with Crippen LogP contribution in [0.5, 0.6) is 11.5 Å². The lowest BCUT2D eigenvalue weighted by molar-refractivity contribution is 0.262. The van der Waals surface area contributed by atoms with Gasteiger partial charge in [0.2, 0.25) is 0 Å². The average molecular weight is 435 g/mol. The maximum Gasteiger partial charge on any atom is 0.324 e. The first-order valence-corrected chi connectivity index (χ1v) is 10.1. The number of aromatic amines is 1. The standard InChI is InChI=1S/C23H26N6O3/c1-23(2,3)20-12-21(28-27-20)26-22(30)25-14-6-8-15(9-7-14)29-13-24-16-10-18(31-4)19(32-5)11-17(16)29/h6-13H,1-5H3,(H3,25,26,27,28,30). The van der Waals surface area contributed by atoms with E-state index in [0.29, 0.717) is 23.0 Å². The van der Waals surface area contributed by atoms with Gasteiger partial charge < -0.3 is 14.8 Å². The number of hydrogen-bond acceptors (Lipinski definition) is 5. The molecule has 0 unspecified atom stereocenters. The minimum absolute atomic E-state index is 0.0775. The van der Waals surface area contributed by atoms with Gasteiger partial charge in [-0.2, -0.15) is 5.10 Å². The van der Waals surface area contributed by atoms with E-state index in [9.17, 15) is 4.79 Å². The predicted octanol–water partition coefficient (Wildman–Crippen LogP) is 4.71. The average Bonchev–Trinajstić information content (AvgIpc) is 3.40. The van der Waals surface area contributed by atoms with Gasteiger partial charge in [-0.15, -0.1) is 0 Å². The lowest BCUT2D eigenvalue weighted by Crippen LogP contribution is -2.19. The molecule has 9 nitrogen and oxygen atoms in total. The van der Waals surface area contributed by atoms with Crippen molar-refractivity contribution in [2.75, 3.05) is 24.9 Å². The maximum absolute atomic E-state index is 12.3. The molecule has 0 aliphatic carbocycles. The minimum Gasteiger partial charge on any atom is -0.493 e. The second kappa shape index (κ2) is 8.26. The molecule has 166 valence electrons. The van der Waals surface area contributed by atoms with Gasteiger partial charge in [-0.05, 0) is 24.3 Å². The lowest BCUT2D eigenvalue weighted by Gasteiger charge is -2.14. The molecular weight excluding hydrogens is 408 g/mol. The van der Waals surface area contributed by atoms with Crippen LogP contribution >= 0.6 is 0 Å². The number of amides is 2. The number of methoxy groups -OCH3 is 2. The van der Waals surface area contributed by atoms with E-state index >= 15 is 0 Å². The van der Waals surface area contributed by atoms with Crippen molar-refractivity contribution in [1.29, 1.82) is 0 Å². The first-order valence-electron chi connectivity index (χ1n) is 10.1. The van der Waals surface area contributed by atoms with Crippen LogP contribution in [0.3, 0.4) is 0 Å². The molecule has 0 radical (unpaired) electrons. The van der Waals surface area contributed by atoms with E-state index in [2.05, 4.69) is 46.6 Å². The number of rotatable bonds is 5. The maximum atomic E-state index is 12.3. The number of imidazole rings is 1. The van der Waals surface area contributed by atoms with Crippen molar-refractivity contribution < 1.29 is 14.3 Å². The number of nitrogens with zero attached hydrogens (tertiary/aromatic N) is 3. The van der Waals surface area contributed by atoms with Crippen molar-refractivity contribution in [3.05, 3.63) is 54.5 Å². The minimum atomic E-state index is -0.366. The summed E-state index contributed by atoms with van der Waals surface area (Å²) in [5.74, 6) is 1.73. The number of fused-ring (bicyclic) bond motifs is 1. The van der Waals surface area contributed by atoms with E-state index in [-0.39, 0.29) is 11.4 Å². The number of hydrogen-bond donors (Lipinski definition) is 3. The third-order valence-corrected chi connectivity index (χ3v) is 5.08. The number of carbonyl (C=O) groups excluding carboxylic acids is 1. The highest BCUT2D eigenvalue weighted by Gasteiger charge is 2.17. The summed E-state index contributed by atoms with van der Waals surface area (Å²) >= 11 is 0. The molecule has 32 heavy (non-hydrogen) atoms. The number of anilines is 2. The SMILES string of the molecule is COc1cc2ncn(-c3ccc(NC(=O)Nc4cc(C(C)(C)C)[nH]n4)cc3)c2cc1OC. The Hall–Kier alpha value is -4.01. The van der Waals surface area contributed by atoms with Gasteiger partial charge in [0, 0.05) is 40.7 Å². The Morgan fingerprint density at radius 2 is 1.69 bits per heavy atom. The topological polar surface area (TPSA) is 106 Å². The zero-order valence-electron chi connectivity index (χ0n) is 18.7. The number of aromatic nitrogens is 4. The number of carbonyl (C=O) groups is 1. The van der Waals surface area contributed by atoms with E-state index in [0.717, 1.165) is 22.4 Å². The van der Waals surface area contributed by atoms with Crippen molar-refractivity contribution in [3.63, 3.8) is 0 Å². The van der Waals surface area contributed by atoms with Gasteiger partial charge in [-0.25, -0.2) is 9.78 Å². The molecule has 9 heteroatoms. The first kappa shape index (κ1) is 21.2. The Kier molecular flexibility index (Phi) is 5.48. The van der Waals surface area contributed by atoms with E-state index in [1.165, 1.54) is 0 Å². The van der Waals surface area contributed by atoms with Gasteiger partial charge in [0.05, 0.1) is 25.3 Å². The summed E-state index contributed by atoms with van der Waals surface area (Å²) in [5, 5.41) is 12.6. The molecule has 2 amide bonds. The molecule has 0 saturated heterocycles. The van der Waals surface area contributed by atoms with E-state index in [1.807, 2.05) is 47.0 Å². The van der Waals surface area contributed by atoms with Crippen LogP contribution in [0, 0.1) is 0 Å². The van der Waals surface area contributed by atoms with Gasteiger partial charge in [-0.1, -0.05) is 20.8 Å². The van der Waals surface area contributed by atoms with Crippen molar-refractivity contribution in [2.24, 2.45) is 0 Å². The van der Waals surface area contributed by atoms with Crippen LogP contribution in [0.25, 0.3) is 16.7 Å². The van der Waals surface area contributed by atoms with Crippen LogP contribution < -0.4 is 20.1 Å². The molecule has 4 rings (SSSR count). The summed E-state index contributed by atoms with van der Waals surface area (Å²) in [6.45, 7) is 6.21. The molecule has 0 aliphatic rings. The third kappa shape index (κ3) is 4.22. The Labute approximate surface area is 185 Å². The van der Waals surface area contributed by atoms with Gasteiger partial charge in [0.1, 0.15) is 6.33 Å². The van der Waals surface area contributed by atoms with Crippen molar-refractivity contribution in [1.82, 2.24) is 19.7 Å². The Balaban J connectivity index is 1.48. The molecule has 0 fully saturated rings. The van der Waals surface area contributed by atoms with E-state index in [4.69, 9.17) is 9.47 Å². The molecule has 0 atom stereocenters. The number of ether oxygens (including phenoxy) is 2. The van der Waals surface area contributed by atoms with Crippen molar-refractivity contribution in [2.45, 2.75) is 26.2 Å². The van der Waals surface area contributed by atoms with Crippen LogP contribution in [0.1, 0.15) is 26.5 Å². The molecule has 2 heterocycles. The molecule has 0 spiro atoms. The highest BCUT2D eigenvalue weighted by molar-refractivity contribution is 5.99. The molecule has 2 aromatic carbocycles. The highest BCUT2D eigenvalue weighted by atomic mass is 16.5. The summed E-state index contributed by atoms with van der Waals surface area (Å²) in [5.41, 5.74) is 4.09.